The van der Waals surface area contributed by atoms with Gasteiger partial charge in [-0.25, -0.2) is 14.8 Å². The van der Waals surface area contributed by atoms with Crippen LogP contribution >= 0.6 is 11.3 Å². The Kier molecular flexibility index (Phi) is 3.34. The number of aromatic nitrogens is 2. The largest absolute Gasteiger partial charge is 0.478 e. The van der Waals surface area contributed by atoms with Gasteiger partial charge in [-0.1, -0.05) is 0 Å². The molecule has 6 heteroatoms. The van der Waals surface area contributed by atoms with Crippen LogP contribution in [0.1, 0.15) is 20.2 Å². The summed E-state index contributed by atoms with van der Waals surface area (Å²) in [5, 5.41) is 13.0. The fourth-order valence-electron chi connectivity index (χ4n) is 1.38. The Morgan fingerprint density at radius 2 is 2.35 bits per heavy atom. The van der Waals surface area contributed by atoms with Crippen molar-refractivity contribution < 1.29 is 9.90 Å². The normalized spacial score (nSPS) is 10.2. The molecule has 0 atom stereocenters. The maximum Gasteiger partial charge on any atom is 0.339 e. The molecule has 2 N–H and O–H groups in total. The summed E-state index contributed by atoms with van der Waals surface area (Å²) in [4.78, 5) is 20.1. The highest BCUT2D eigenvalue weighted by molar-refractivity contribution is 7.11. The van der Waals surface area contributed by atoms with Gasteiger partial charge in [-0.2, -0.15) is 0 Å². The van der Waals surface area contributed by atoms with Crippen LogP contribution in [0.3, 0.4) is 0 Å². The maximum atomic E-state index is 10.9. The van der Waals surface area contributed by atoms with Gasteiger partial charge in [0, 0.05) is 17.3 Å². The maximum absolute atomic E-state index is 10.9. The molecule has 2 heterocycles. The van der Waals surface area contributed by atoms with E-state index in [-0.39, 0.29) is 5.56 Å². The molecule has 0 aliphatic heterocycles. The van der Waals surface area contributed by atoms with Gasteiger partial charge in [0.05, 0.1) is 11.6 Å². The highest BCUT2D eigenvalue weighted by Gasteiger charge is 2.10. The van der Waals surface area contributed by atoms with Crippen molar-refractivity contribution in [1.29, 1.82) is 0 Å². The molecule has 0 unspecified atom stereocenters. The Morgan fingerprint density at radius 3 is 3.00 bits per heavy atom. The van der Waals surface area contributed by atoms with Crippen LogP contribution in [0.2, 0.25) is 0 Å². The van der Waals surface area contributed by atoms with E-state index < -0.39 is 5.97 Å². The third kappa shape index (κ3) is 2.79. The van der Waals surface area contributed by atoms with Crippen LogP contribution in [-0.2, 0) is 6.54 Å². The number of carbonyl (C=O) groups is 1. The average Bonchev–Trinajstić information content (AvgIpc) is 2.73. The molecule has 0 spiro atoms. The number of pyridine rings is 1. The van der Waals surface area contributed by atoms with Gasteiger partial charge in [-0.3, -0.25) is 0 Å². The zero-order valence-corrected chi connectivity index (χ0v) is 9.99. The summed E-state index contributed by atoms with van der Waals surface area (Å²) in [6, 6.07) is 3.13. The summed E-state index contributed by atoms with van der Waals surface area (Å²) < 4.78 is 0. The Hall–Kier alpha value is -1.95. The fourth-order valence-corrected chi connectivity index (χ4v) is 2.11. The molecule has 2 aromatic rings. The van der Waals surface area contributed by atoms with E-state index >= 15 is 0 Å². The van der Waals surface area contributed by atoms with Crippen LogP contribution in [0.5, 0.6) is 0 Å². The van der Waals surface area contributed by atoms with Crippen LogP contribution in [0.4, 0.5) is 5.82 Å². The van der Waals surface area contributed by atoms with Gasteiger partial charge in [0.25, 0.3) is 0 Å². The molecule has 2 aromatic heterocycles. The second-order valence-electron chi connectivity index (χ2n) is 3.40. The number of carboxylic acid groups (broad SMARTS) is 1. The second-order valence-corrected chi connectivity index (χ2v) is 4.72. The van der Waals surface area contributed by atoms with Gasteiger partial charge >= 0.3 is 5.97 Å². The van der Waals surface area contributed by atoms with E-state index in [9.17, 15) is 4.79 Å². The van der Waals surface area contributed by atoms with Crippen LogP contribution in [0.25, 0.3) is 0 Å². The van der Waals surface area contributed by atoms with Crippen molar-refractivity contribution in [2.24, 2.45) is 0 Å². The van der Waals surface area contributed by atoms with E-state index in [0.29, 0.717) is 12.4 Å². The predicted molar refractivity (Wildman–Crippen MR) is 65.4 cm³/mol. The molecule has 88 valence electrons. The number of hydrogen-bond acceptors (Lipinski definition) is 5. The van der Waals surface area contributed by atoms with Crippen molar-refractivity contribution in [1.82, 2.24) is 9.97 Å². The van der Waals surface area contributed by atoms with Gasteiger partial charge in [0.2, 0.25) is 0 Å². The van der Waals surface area contributed by atoms with Crippen LogP contribution in [0, 0.1) is 6.92 Å². The molecule has 0 amide bonds. The lowest BCUT2D eigenvalue weighted by Crippen LogP contribution is -2.07. The van der Waals surface area contributed by atoms with Crippen molar-refractivity contribution in [2.75, 3.05) is 5.32 Å². The molecule has 0 fully saturated rings. The molecule has 2 rings (SSSR count). The Labute approximate surface area is 102 Å². The van der Waals surface area contributed by atoms with Gasteiger partial charge in [0.1, 0.15) is 11.4 Å². The van der Waals surface area contributed by atoms with Gasteiger partial charge in [-0.05, 0) is 19.1 Å². The third-order valence-corrected chi connectivity index (χ3v) is 3.05. The standard InChI is InChI=1S/C11H11N3O2S/c1-7-13-5-8(17-7)6-14-10-9(11(15)16)3-2-4-12-10/h2-5H,6H2,1H3,(H,12,14)(H,15,16). The van der Waals surface area contributed by atoms with E-state index in [0.717, 1.165) is 9.88 Å². The molecule has 0 aliphatic carbocycles. The summed E-state index contributed by atoms with van der Waals surface area (Å²) in [5.41, 5.74) is 0.175. The lowest BCUT2D eigenvalue weighted by atomic mass is 10.2. The van der Waals surface area contributed by atoms with Crippen molar-refractivity contribution >= 4 is 23.1 Å². The molecule has 0 saturated heterocycles. The summed E-state index contributed by atoms with van der Waals surface area (Å²) in [6.45, 7) is 2.46. The number of hydrogen-bond donors (Lipinski definition) is 2. The predicted octanol–water partition coefficient (Wildman–Crippen LogP) is 2.16. The number of rotatable bonds is 4. The minimum Gasteiger partial charge on any atom is -0.478 e. The number of aryl methyl sites for hydroxylation is 1. The molecule has 0 saturated carbocycles. The van der Waals surface area contributed by atoms with Gasteiger partial charge in [0.15, 0.2) is 0 Å². The van der Waals surface area contributed by atoms with Gasteiger partial charge < -0.3 is 10.4 Å². The van der Waals surface area contributed by atoms with Crippen LogP contribution < -0.4 is 5.32 Å². The molecule has 0 aromatic carbocycles. The first kappa shape index (κ1) is 11.5. The lowest BCUT2D eigenvalue weighted by molar-refractivity contribution is 0.0697. The smallest absolute Gasteiger partial charge is 0.339 e. The minimum absolute atomic E-state index is 0.175. The summed E-state index contributed by atoms with van der Waals surface area (Å²) in [7, 11) is 0. The number of nitrogens with zero attached hydrogens (tertiary/aromatic N) is 2. The van der Waals surface area contributed by atoms with Crippen molar-refractivity contribution in [3.8, 4) is 0 Å². The number of anilines is 1. The zero-order valence-electron chi connectivity index (χ0n) is 9.17. The molecular weight excluding hydrogens is 238 g/mol. The Balaban J connectivity index is 2.11. The van der Waals surface area contributed by atoms with E-state index in [1.54, 1.807) is 29.8 Å². The quantitative estimate of drug-likeness (QED) is 0.868. The molecule has 0 aliphatic rings. The topological polar surface area (TPSA) is 75.1 Å². The molecule has 5 nitrogen and oxygen atoms in total. The first-order chi connectivity index (χ1) is 8.16. The average molecular weight is 249 g/mol. The molecule has 0 bridgehead atoms. The summed E-state index contributed by atoms with van der Waals surface area (Å²) in [6.07, 6.45) is 3.34. The number of thiazole rings is 1. The van der Waals surface area contributed by atoms with Gasteiger partial charge in [-0.15, -0.1) is 11.3 Å². The SMILES string of the molecule is Cc1ncc(CNc2ncccc2C(=O)O)s1. The fraction of sp³-hybridized carbons (Fsp3) is 0.182. The minimum atomic E-state index is -0.985. The van der Waals surface area contributed by atoms with E-state index in [1.165, 1.54) is 6.07 Å². The van der Waals surface area contributed by atoms with E-state index in [4.69, 9.17) is 5.11 Å². The number of aromatic carboxylic acids is 1. The summed E-state index contributed by atoms with van der Waals surface area (Å²) >= 11 is 1.57. The zero-order chi connectivity index (χ0) is 12.3. The van der Waals surface area contributed by atoms with Crippen LogP contribution in [0.15, 0.2) is 24.5 Å². The highest BCUT2D eigenvalue weighted by atomic mass is 32.1. The third-order valence-electron chi connectivity index (χ3n) is 2.14. The van der Waals surface area contributed by atoms with Crippen LogP contribution in [-0.4, -0.2) is 21.0 Å². The molecule has 17 heavy (non-hydrogen) atoms. The van der Waals surface area contributed by atoms with E-state index in [1.807, 2.05) is 6.92 Å². The second kappa shape index (κ2) is 4.92. The van der Waals surface area contributed by atoms with E-state index in [2.05, 4.69) is 15.3 Å². The Bertz CT molecular complexity index is 539. The first-order valence-electron chi connectivity index (χ1n) is 5.00. The lowest BCUT2D eigenvalue weighted by Gasteiger charge is -2.06. The first-order valence-corrected chi connectivity index (χ1v) is 5.82. The molecular formula is C11H11N3O2S. The van der Waals surface area contributed by atoms with Crippen molar-refractivity contribution in [2.45, 2.75) is 13.5 Å². The monoisotopic (exact) mass is 249 g/mol. The van der Waals surface area contributed by atoms with Crippen molar-refractivity contribution in [3.05, 3.63) is 40.0 Å². The molecule has 0 radical (unpaired) electrons. The highest BCUT2D eigenvalue weighted by Crippen LogP contribution is 2.16. The Morgan fingerprint density at radius 1 is 1.53 bits per heavy atom. The number of carboxylic acids is 1. The summed E-state index contributed by atoms with van der Waals surface area (Å²) in [5.74, 6) is -0.605. The number of nitrogens with one attached hydrogen (secondary N) is 1. The van der Waals surface area contributed by atoms with Crippen molar-refractivity contribution in [3.63, 3.8) is 0 Å².